The Balaban J connectivity index is 1.60. The van der Waals surface area contributed by atoms with E-state index in [0.29, 0.717) is 50.6 Å². The Morgan fingerprint density at radius 2 is 2.12 bits per heavy atom. The molecule has 0 spiro atoms. The number of ether oxygens (including phenoxy) is 1. The third kappa shape index (κ3) is 3.79. The average molecular weight is 472 g/mol. The minimum absolute atomic E-state index is 0.125. The molecule has 0 bridgehead atoms. The fourth-order valence-electron chi connectivity index (χ4n) is 3.85. The molecule has 2 aromatic heterocycles. The normalized spacial score (nSPS) is 16.0. The van der Waals surface area contributed by atoms with Crippen LogP contribution in [0.5, 0.6) is 0 Å². The second kappa shape index (κ2) is 8.61. The number of nitrogens with zero attached hydrogens (tertiary/aromatic N) is 3. The first-order chi connectivity index (χ1) is 15.5. The molecule has 3 heterocycles. The summed E-state index contributed by atoms with van der Waals surface area (Å²) in [5, 5.41) is 4.98. The Hall–Kier alpha value is -2.81. The molecule has 164 valence electrons. The number of carbonyl (C=O) groups is 1. The smallest absolute Gasteiger partial charge is 0.266 e. The summed E-state index contributed by atoms with van der Waals surface area (Å²) in [6.45, 7) is 2.63. The number of fused-ring (bicyclic) bond motifs is 1. The predicted molar refractivity (Wildman–Crippen MR) is 122 cm³/mol. The van der Waals surface area contributed by atoms with Crippen molar-refractivity contribution in [1.29, 1.82) is 0 Å². The number of benzene rings is 2. The molecular weight excluding hydrogens is 453 g/mol. The Labute approximate surface area is 192 Å². The lowest BCUT2D eigenvalue weighted by Crippen LogP contribution is -2.37. The number of rotatable bonds is 5. The van der Waals surface area contributed by atoms with Crippen LogP contribution >= 0.6 is 22.9 Å². The van der Waals surface area contributed by atoms with E-state index in [1.54, 1.807) is 42.2 Å². The van der Waals surface area contributed by atoms with E-state index in [0.717, 1.165) is 12.8 Å². The lowest BCUT2D eigenvalue weighted by molar-refractivity contribution is 0.0916. The molecule has 1 aliphatic heterocycles. The molecule has 0 N–H and O–H groups in total. The van der Waals surface area contributed by atoms with Crippen LogP contribution in [0.2, 0.25) is 5.02 Å². The largest absolute Gasteiger partial charge is 0.376 e. The minimum Gasteiger partial charge on any atom is -0.376 e. The van der Waals surface area contributed by atoms with E-state index < -0.39 is 5.82 Å². The molecule has 5 rings (SSSR count). The number of hydrogen-bond acceptors (Lipinski definition) is 6. The maximum absolute atomic E-state index is 14.3. The van der Waals surface area contributed by atoms with E-state index in [9.17, 15) is 9.18 Å². The first kappa shape index (κ1) is 21.1. The van der Waals surface area contributed by atoms with E-state index in [4.69, 9.17) is 20.9 Å². The van der Waals surface area contributed by atoms with Gasteiger partial charge in [-0.1, -0.05) is 52.4 Å². The van der Waals surface area contributed by atoms with Crippen LogP contribution in [-0.2, 0) is 4.74 Å². The van der Waals surface area contributed by atoms with Gasteiger partial charge in [-0.05, 0) is 38.0 Å². The molecule has 1 saturated heterocycles. The zero-order chi connectivity index (χ0) is 22.2. The quantitative estimate of drug-likeness (QED) is 0.363. The standard InChI is InChI=1S/C23H19ClFN3O3S/c1-13-19(20(27-31-13)15-7-2-3-8-16(15)24)22(29)28(12-14-6-5-11-30-14)23-26-21-17(25)9-4-10-18(21)32-23/h2-4,7-10,14H,5-6,11-12H2,1H3. The molecule has 1 aliphatic rings. The summed E-state index contributed by atoms with van der Waals surface area (Å²) in [5.41, 5.74) is 1.51. The summed E-state index contributed by atoms with van der Waals surface area (Å²) in [5.74, 6) is -0.393. The summed E-state index contributed by atoms with van der Waals surface area (Å²) in [6, 6.07) is 11.9. The van der Waals surface area contributed by atoms with Gasteiger partial charge < -0.3 is 9.26 Å². The Bertz CT molecular complexity index is 1300. The van der Waals surface area contributed by atoms with Gasteiger partial charge >= 0.3 is 0 Å². The summed E-state index contributed by atoms with van der Waals surface area (Å²) in [7, 11) is 0. The van der Waals surface area contributed by atoms with Crippen molar-refractivity contribution in [2.24, 2.45) is 0 Å². The van der Waals surface area contributed by atoms with Crippen molar-refractivity contribution in [1.82, 2.24) is 10.1 Å². The number of anilines is 1. The van der Waals surface area contributed by atoms with Gasteiger partial charge in [-0.3, -0.25) is 9.69 Å². The molecule has 32 heavy (non-hydrogen) atoms. The van der Waals surface area contributed by atoms with Crippen molar-refractivity contribution in [2.75, 3.05) is 18.1 Å². The van der Waals surface area contributed by atoms with Crippen molar-refractivity contribution in [3.63, 3.8) is 0 Å². The van der Waals surface area contributed by atoms with Crippen molar-refractivity contribution >= 4 is 44.2 Å². The van der Waals surface area contributed by atoms with Crippen LogP contribution in [0.25, 0.3) is 21.5 Å². The fraction of sp³-hybridized carbons (Fsp3) is 0.261. The van der Waals surface area contributed by atoms with Gasteiger partial charge in [0.1, 0.15) is 28.4 Å². The Morgan fingerprint density at radius 1 is 1.28 bits per heavy atom. The molecule has 4 aromatic rings. The minimum atomic E-state index is -0.424. The second-order valence-electron chi connectivity index (χ2n) is 7.58. The maximum atomic E-state index is 14.3. The third-order valence-electron chi connectivity index (χ3n) is 5.45. The molecule has 0 radical (unpaired) electrons. The van der Waals surface area contributed by atoms with Crippen molar-refractivity contribution in [3.05, 3.63) is 64.6 Å². The lowest BCUT2D eigenvalue weighted by Gasteiger charge is -2.23. The van der Waals surface area contributed by atoms with Crippen LogP contribution in [0.4, 0.5) is 9.52 Å². The molecule has 1 amide bonds. The third-order valence-corrected chi connectivity index (χ3v) is 6.82. The number of aryl methyl sites for hydroxylation is 1. The number of carbonyl (C=O) groups excluding carboxylic acids is 1. The van der Waals surface area contributed by atoms with E-state index >= 15 is 0 Å². The number of halogens is 2. The van der Waals surface area contributed by atoms with Gasteiger partial charge in [0, 0.05) is 12.2 Å². The molecule has 0 aliphatic carbocycles. The van der Waals surface area contributed by atoms with E-state index in [1.807, 2.05) is 6.07 Å². The van der Waals surface area contributed by atoms with Gasteiger partial charge in [-0.2, -0.15) is 0 Å². The maximum Gasteiger partial charge on any atom is 0.266 e. The van der Waals surface area contributed by atoms with Crippen LogP contribution in [0.3, 0.4) is 0 Å². The van der Waals surface area contributed by atoms with E-state index in [1.165, 1.54) is 17.4 Å². The average Bonchev–Trinajstić information content (AvgIpc) is 3.52. The molecule has 0 saturated carbocycles. The number of amides is 1. The highest BCUT2D eigenvalue weighted by Gasteiger charge is 2.32. The Morgan fingerprint density at radius 3 is 2.88 bits per heavy atom. The van der Waals surface area contributed by atoms with Gasteiger partial charge in [0.15, 0.2) is 5.13 Å². The van der Waals surface area contributed by atoms with Crippen LogP contribution in [-0.4, -0.2) is 35.3 Å². The summed E-state index contributed by atoms with van der Waals surface area (Å²) in [4.78, 5) is 19.9. The van der Waals surface area contributed by atoms with Gasteiger partial charge in [0.2, 0.25) is 0 Å². The summed E-state index contributed by atoms with van der Waals surface area (Å²) >= 11 is 7.63. The molecule has 1 atom stereocenters. The Kier molecular flexibility index (Phi) is 5.67. The number of aromatic nitrogens is 2. The van der Waals surface area contributed by atoms with Crippen LogP contribution < -0.4 is 4.90 Å². The first-order valence-electron chi connectivity index (χ1n) is 10.2. The monoisotopic (exact) mass is 471 g/mol. The SMILES string of the molecule is Cc1onc(-c2ccccc2Cl)c1C(=O)N(CC1CCCO1)c1nc2c(F)cccc2s1. The number of thiazole rings is 1. The number of hydrogen-bond donors (Lipinski definition) is 0. The van der Waals surface area contributed by atoms with Gasteiger partial charge in [0.25, 0.3) is 5.91 Å². The zero-order valence-electron chi connectivity index (χ0n) is 17.2. The second-order valence-corrected chi connectivity index (χ2v) is 8.99. The summed E-state index contributed by atoms with van der Waals surface area (Å²) in [6.07, 6.45) is 1.64. The molecule has 1 fully saturated rings. The van der Waals surface area contributed by atoms with Crippen LogP contribution in [0.15, 0.2) is 47.0 Å². The fourth-order valence-corrected chi connectivity index (χ4v) is 5.07. The molecule has 1 unspecified atom stereocenters. The number of para-hydroxylation sites is 1. The molecule has 2 aromatic carbocycles. The van der Waals surface area contributed by atoms with E-state index in [-0.39, 0.29) is 17.5 Å². The first-order valence-corrected chi connectivity index (χ1v) is 11.4. The topological polar surface area (TPSA) is 68.5 Å². The molecule has 6 nitrogen and oxygen atoms in total. The van der Waals surface area contributed by atoms with Gasteiger partial charge in [-0.25, -0.2) is 9.37 Å². The molecular formula is C23H19ClFN3O3S. The van der Waals surface area contributed by atoms with Crippen LogP contribution in [0, 0.1) is 12.7 Å². The predicted octanol–water partition coefficient (Wildman–Crippen LogP) is 5.88. The lowest BCUT2D eigenvalue weighted by atomic mass is 10.0. The van der Waals surface area contributed by atoms with Crippen molar-refractivity contribution in [3.8, 4) is 11.3 Å². The highest BCUT2D eigenvalue weighted by Crippen LogP contribution is 2.35. The van der Waals surface area contributed by atoms with Crippen LogP contribution in [0.1, 0.15) is 29.0 Å². The molecule has 9 heteroatoms. The van der Waals surface area contributed by atoms with Gasteiger partial charge in [0.05, 0.1) is 22.4 Å². The van der Waals surface area contributed by atoms with E-state index in [2.05, 4.69) is 10.1 Å². The highest BCUT2D eigenvalue weighted by atomic mass is 35.5. The van der Waals surface area contributed by atoms with Crippen molar-refractivity contribution in [2.45, 2.75) is 25.9 Å². The summed E-state index contributed by atoms with van der Waals surface area (Å²) < 4.78 is 26.2. The highest BCUT2D eigenvalue weighted by molar-refractivity contribution is 7.22. The van der Waals surface area contributed by atoms with Crippen molar-refractivity contribution < 1.29 is 18.4 Å². The van der Waals surface area contributed by atoms with Gasteiger partial charge in [-0.15, -0.1) is 0 Å². The zero-order valence-corrected chi connectivity index (χ0v) is 18.8.